The van der Waals surface area contributed by atoms with Crippen molar-refractivity contribution in [3.63, 3.8) is 0 Å². The van der Waals surface area contributed by atoms with Gasteiger partial charge in [-0.1, -0.05) is 6.08 Å². The first kappa shape index (κ1) is 8.39. The van der Waals surface area contributed by atoms with E-state index in [0.29, 0.717) is 0 Å². The number of rotatable bonds is 4. The standard InChI is InChI=1S/C7H11N3S/c1-2-3-6(10-8)7-4-9-5-11-7/h2,4-6,10H,1,3,8H2. The van der Waals surface area contributed by atoms with Gasteiger partial charge in [-0.2, -0.15) is 0 Å². The van der Waals surface area contributed by atoms with E-state index in [1.54, 1.807) is 16.8 Å². The Balaban J connectivity index is 2.62. The Morgan fingerprint density at radius 3 is 3.18 bits per heavy atom. The maximum atomic E-state index is 5.33. The summed E-state index contributed by atoms with van der Waals surface area (Å²) in [5.41, 5.74) is 4.50. The molecule has 0 saturated heterocycles. The van der Waals surface area contributed by atoms with Crippen molar-refractivity contribution in [1.29, 1.82) is 0 Å². The van der Waals surface area contributed by atoms with E-state index in [1.165, 1.54) is 0 Å². The lowest BCUT2D eigenvalue weighted by Crippen LogP contribution is -2.26. The molecule has 11 heavy (non-hydrogen) atoms. The lowest BCUT2D eigenvalue weighted by Gasteiger charge is -2.09. The second-order valence-corrected chi connectivity index (χ2v) is 3.07. The lowest BCUT2D eigenvalue weighted by molar-refractivity contribution is 0.569. The highest BCUT2D eigenvalue weighted by Crippen LogP contribution is 2.19. The maximum absolute atomic E-state index is 5.33. The van der Waals surface area contributed by atoms with Crippen molar-refractivity contribution in [3.8, 4) is 0 Å². The summed E-state index contributed by atoms with van der Waals surface area (Å²) in [6, 6.07) is 0.167. The third-order valence-corrected chi connectivity index (χ3v) is 2.29. The van der Waals surface area contributed by atoms with Crippen molar-refractivity contribution in [2.75, 3.05) is 0 Å². The van der Waals surface area contributed by atoms with Crippen LogP contribution in [0.3, 0.4) is 0 Å². The van der Waals surface area contributed by atoms with Crippen LogP contribution in [0, 0.1) is 0 Å². The molecule has 0 aliphatic heterocycles. The Hall–Kier alpha value is -0.710. The largest absolute Gasteiger partial charge is 0.271 e. The van der Waals surface area contributed by atoms with E-state index in [-0.39, 0.29) is 6.04 Å². The van der Waals surface area contributed by atoms with Crippen molar-refractivity contribution in [3.05, 3.63) is 29.2 Å². The first-order valence-electron chi connectivity index (χ1n) is 3.34. The molecule has 0 spiro atoms. The van der Waals surface area contributed by atoms with Crippen LogP contribution in [0.5, 0.6) is 0 Å². The van der Waals surface area contributed by atoms with Gasteiger partial charge in [0.25, 0.3) is 0 Å². The summed E-state index contributed by atoms with van der Waals surface area (Å²) in [6.45, 7) is 3.65. The molecular formula is C7H11N3S. The fraction of sp³-hybridized carbons (Fsp3) is 0.286. The SMILES string of the molecule is C=CCC(NN)c1cncs1. The molecule has 1 atom stereocenters. The van der Waals surface area contributed by atoms with Crippen LogP contribution in [0.2, 0.25) is 0 Å². The zero-order chi connectivity index (χ0) is 8.10. The van der Waals surface area contributed by atoms with Gasteiger partial charge in [-0.05, 0) is 6.42 Å². The summed E-state index contributed by atoms with van der Waals surface area (Å²) in [5, 5.41) is 0. The average molecular weight is 169 g/mol. The summed E-state index contributed by atoms with van der Waals surface area (Å²) in [5.74, 6) is 5.33. The van der Waals surface area contributed by atoms with Gasteiger partial charge in [0, 0.05) is 11.1 Å². The van der Waals surface area contributed by atoms with Crippen molar-refractivity contribution in [1.82, 2.24) is 10.4 Å². The van der Waals surface area contributed by atoms with Gasteiger partial charge in [-0.3, -0.25) is 16.3 Å². The van der Waals surface area contributed by atoms with Gasteiger partial charge in [0.2, 0.25) is 0 Å². The molecule has 1 aromatic heterocycles. The molecule has 3 nitrogen and oxygen atoms in total. The molecule has 0 aliphatic carbocycles. The lowest BCUT2D eigenvalue weighted by atomic mass is 10.2. The van der Waals surface area contributed by atoms with E-state index in [2.05, 4.69) is 17.0 Å². The minimum Gasteiger partial charge on any atom is -0.271 e. The molecule has 3 N–H and O–H groups in total. The van der Waals surface area contributed by atoms with Crippen LogP contribution >= 0.6 is 11.3 Å². The van der Waals surface area contributed by atoms with E-state index in [1.807, 2.05) is 12.3 Å². The number of thiazole rings is 1. The van der Waals surface area contributed by atoms with Gasteiger partial charge in [0.1, 0.15) is 0 Å². The van der Waals surface area contributed by atoms with Crippen LogP contribution in [-0.2, 0) is 0 Å². The molecule has 0 amide bonds. The van der Waals surface area contributed by atoms with Crippen molar-refractivity contribution in [2.24, 2.45) is 5.84 Å². The van der Waals surface area contributed by atoms with E-state index in [9.17, 15) is 0 Å². The molecule has 1 unspecified atom stereocenters. The molecular weight excluding hydrogens is 158 g/mol. The summed E-state index contributed by atoms with van der Waals surface area (Å²) < 4.78 is 0. The van der Waals surface area contributed by atoms with Gasteiger partial charge in [0.15, 0.2) is 0 Å². The third-order valence-electron chi connectivity index (χ3n) is 1.40. The highest BCUT2D eigenvalue weighted by atomic mass is 32.1. The first-order valence-corrected chi connectivity index (χ1v) is 4.22. The van der Waals surface area contributed by atoms with E-state index in [0.717, 1.165) is 11.3 Å². The van der Waals surface area contributed by atoms with E-state index >= 15 is 0 Å². The summed E-state index contributed by atoms with van der Waals surface area (Å²) in [7, 11) is 0. The normalized spacial score (nSPS) is 12.8. The molecule has 0 saturated carbocycles. The Labute approximate surface area is 69.9 Å². The van der Waals surface area contributed by atoms with Crippen LogP contribution in [0.1, 0.15) is 17.3 Å². The first-order chi connectivity index (χ1) is 5.38. The maximum Gasteiger partial charge on any atom is 0.0794 e. The minimum absolute atomic E-state index is 0.167. The highest BCUT2D eigenvalue weighted by molar-refractivity contribution is 7.09. The van der Waals surface area contributed by atoms with Crippen molar-refractivity contribution < 1.29 is 0 Å². The number of hydrogen-bond donors (Lipinski definition) is 2. The van der Waals surface area contributed by atoms with Crippen LogP contribution in [0.15, 0.2) is 24.4 Å². The van der Waals surface area contributed by atoms with E-state index in [4.69, 9.17) is 5.84 Å². The van der Waals surface area contributed by atoms with Gasteiger partial charge < -0.3 is 0 Å². The number of hydrazine groups is 1. The van der Waals surface area contributed by atoms with Crippen LogP contribution in [-0.4, -0.2) is 4.98 Å². The molecule has 1 aromatic rings. The molecule has 0 aliphatic rings. The predicted molar refractivity (Wildman–Crippen MR) is 47.0 cm³/mol. The summed E-state index contributed by atoms with van der Waals surface area (Å²) in [4.78, 5) is 5.11. The monoisotopic (exact) mass is 169 g/mol. The number of hydrogen-bond acceptors (Lipinski definition) is 4. The van der Waals surface area contributed by atoms with Crippen molar-refractivity contribution >= 4 is 11.3 Å². The zero-order valence-electron chi connectivity index (χ0n) is 6.16. The van der Waals surface area contributed by atoms with Gasteiger partial charge >= 0.3 is 0 Å². The Kier molecular flexibility index (Phi) is 3.22. The quantitative estimate of drug-likeness (QED) is 0.405. The van der Waals surface area contributed by atoms with Crippen molar-refractivity contribution in [2.45, 2.75) is 12.5 Å². The fourth-order valence-corrected chi connectivity index (χ4v) is 1.52. The average Bonchev–Trinajstić information content (AvgIpc) is 2.52. The number of nitrogens with one attached hydrogen (secondary N) is 1. The van der Waals surface area contributed by atoms with Crippen LogP contribution in [0.4, 0.5) is 0 Å². The molecule has 0 fully saturated rings. The molecule has 4 heteroatoms. The molecule has 1 heterocycles. The Morgan fingerprint density at radius 1 is 1.91 bits per heavy atom. The predicted octanol–water partition coefficient (Wildman–Crippen LogP) is 1.22. The summed E-state index contributed by atoms with van der Waals surface area (Å²) in [6.07, 6.45) is 4.49. The Bertz CT molecular complexity index is 207. The number of nitrogens with zero attached hydrogens (tertiary/aromatic N) is 1. The molecule has 0 bridgehead atoms. The third kappa shape index (κ3) is 2.11. The summed E-state index contributed by atoms with van der Waals surface area (Å²) >= 11 is 1.59. The van der Waals surface area contributed by atoms with Gasteiger partial charge in [-0.25, -0.2) is 0 Å². The second-order valence-electron chi connectivity index (χ2n) is 2.15. The molecule has 1 rings (SSSR count). The zero-order valence-corrected chi connectivity index (χ0v) is 6.97. The van der Waals surface area contributed by atoms with Crippen LogP contribution in [0.25, 0.3) is 0 Å². The minimum atomic E-state index is 0.167. The highest BCUT2D eigenvalue weighted by Gasteiger charge is 2.07. The second kappa shape index (κ2) is 4.23. The fourth-order valence-electron chi connectivity index (χ4n) is 0.831. The topological polar surface area (TPSA) is 50.9 Å². The molecule has 0 radical (unpaired) electrons. The number of aromatic nitrogens is 1. The Morgan fingerprint density at radius 2 is 2.73 bits per heavy atom. The smallest absolute Gasteiger partial charge is 0.0794 e. The number of nitrogens with two attached hydrogens (primary N) is 1. The van der Waals surface area contributed by atoms with Gasteiger partial charge in [-0.15, -0.1) is 17.9 Å². The van der Waals surface area contributed by atoms with E-state index < -0.39 is 0 Å². The van der Waals surface area contributed by atoms with Crippen LogP contribution < -0.4 is 11.3 Å². The molecule has 60 valence electrons. The molecule has 0 aromatic carbocycles. The van der Waals surface area contributed by atoms with Gasteiger partial charge in [0.05, 0.1) is 11.6 Å².